The van der Waals surface area contributed by atoms with Crippen molar-refractivity contribution in [3.8, 4) is 0 Å². The van der Waals surface area contributed by atoms with Crippen LogP contribution in [0.3, 0.4) is 0 Å². The Balaban J connectivity index is 2.22. The van der Waals surface area contributed by atoms with E-state index in [0.717, 1.165) is 19.3 Å². The molecular formula is C16H25FN2O. The molecule has 0 spiro atoms. The lowest BCUT2D eigenvalue weighted by Gasteiger charge is -2.13. The quantitative estimate of drug-likeness (QED) is 0.730. The molecule has 1 atom stereocenters. The number of halogens is 1. The fourth-order valence-electron chi connectivity index (χ4n) is 2.25. The highest BCUT2D eigenvalue weighted by Gasteiger charge is 2.09. The van der Waals surface area contributed by atoms with Gasteiger partial charge in [0, 0.05) is 13.0 Å². The van der Waals surface area contributed by atoms with Crippen LogP contribution in [0.1, 0.15) is 38.2 Å². The minimum atomic E-state index is -0.212. The highest BCUT2D eigenvalue weighted by Crippen LogP contribution is 2.14. The van der Waals surface area contributed by atoms with Gasteiger partial charge in [0.1, 0.15) is 5.82 Å². The molecule has 4 heteroatoms. The lowest BCUT2D eigenvalue weighted by atomic mass is 9.96. The van der Waals surface area contributed by atoms with Gasteiger partial charge in [0.05, 0.1) is 0 Å². The maximum Gasteiger partial charge on any atom is 0.220 e. The summed E-state index contributed by atoms with van der Waals surface area (Å²) >= 11 is 0. The zero-order valence-electron chi connectivity index (χ0n) is 12.2. The molecule has 1 unspecified atom stereocenters. The van der Waals surface area contributed by atoms with Crippen LogP contribution in [0.15, 0.2) is 24.3 Å². The maximum atomic E-state index is 13.4. The fraction of sp³-hybridized carbons (Fsp3) is 0.562. The number of amides is 1. The molecule has 20 heavy (non-hydrogen) atoms. The summed E-state index contributed by atoms with van der Waals surface area (Å²) in [4.78, 5) is 11.7. The molecule has 0 radical (unpaired) electrons. The standard InChI is InChI=1S/C16H25FN2O/c1-2-13(9-11-18)7-8-16(20)19-12-10-14-5-3-4-6-15(14)17/h3-6,13H,2,7-12,18H2,1H3,(H,19,20). The molecule has 0 aliphatic carbocycles. The second kappa shape index (κ2) is 9.48. The molecule has 1 amide bonds. The SMILES string of the molecule is CCC(CCN)CCC(=O)NCCc1ccccc1F. The number of hydrogen-bond donors (Lipinski definition) is 2. The zero-order chi connectivity index (χ0) is 14.8. The first kappa shape index (κ1) is 16.6. The molecule has 0 aliphatic heterocycles. The Morgan fingerprint density at radius 1 is 1.35 bits per heavy atom. The smallest absolute Gasteiger partial charge is 0.220 e. The zero-order valence-corrected chi connectivity index (χ0v) is 12.2. The average molecular weight is 280 g/mol. The monoisotopic (exact) mass is 280 g/mol. The summed E-state index contributed by atoms with van der Waals surface area (Å²) in [5.41, 5.74) is 6.18. The van der Waals surface area contributed by atoms with Crippen molar-refractivity contribution < 1.29 is 9.18 Å². The third kappa shape index (κ3) is 6.15. The van der Waals surface area contributed by atoms with E-state index in [1.54, 1.807) is 18.2 Å². The van der Waals surface area contributed by atoms with E-state index in [2.05, 4.69) is 12.2 Å². The molecular weight excluding hydrogens is 255 g/mol. The van der Waals surface area contributed by atoms with Crippen molar-refractivity contribution in [2.75, 3.05) is 13.1 Å². The summed E-state index contributed by atoms with van der Waals surface area (Å²) in [6.45, 7) is 3.28. The molecule has 1 aromatic carbocycles. The molecule has 0 heterocycles. The normalized spacial score (nSPS) is 12.2. The van der Waals surface area contributed by atoms with E-state index in [1.165, 1.54) is 6.07 Å². The van der Waals surface area contributed by atoms with Crippen LogP contribution in [-0.4, -0.2) is 19.0 Å². The summed E-state index contributed by atoms with van der Waals surface area (Å²) in [5, 5.41) is 2.84. The molecule has 3 nitrogen and oxygen atoms in total. The molecule has 0 saturated carbocycles. The van der Waals surface area contributed by atoms with Gasteiger partial charge in [-0.25, -0.2) is 4.39 Å². The number of carbonyl (C=O) groups excluding carboxylic acids is 1. The molecule has 0 aromatic heterocycles. The predicted octanol–water partition coefficient (Wildman–Crippen LogP) is 2.64. The highest BCUT2D eigenvalue weighted by molar-refractivity contribution is 5.75. The average Bonchev–Trinajstić information content (AvgIpc) is 2.45. The first-order valence-corrected chi connectivity index (χ1v) is 7.37. The largest absolute Gasteiger partial charge is 0.356 e. The van der Waals surface area contributed by atoms with Crippen LogP contribution in [0.2, 0.25) is 0 Å². The Morgan fingerprint density at radius 3 is 2.75 bits per heavy atom. The summed E-state index contributed by atoms with van der Waals surface area (Å²) in [7, 11) is 0. The fourth-order valence-corrected chi connectivity index (χ4v) is 2.25. The third-order valence-corrected chi connectivity index (χ3v) is 3.61. The van der Waals surface area contributed by atoms with E-state index in [9.17, 15) is 9.18 Å². The Labute approximate surface area is 120 Å². The van der Waals surface area contributed by atoms with E-state index < -0.39 is 0 Å². The first-order chi connectivity index (χ1) is 9.67. The number of rotatable bonds is 9. The minimum Gasteiger partial charge on any atom is -0.356 e. The Morgan fingerprint density at radius 2 is 2.10 bits per heavy atom. The molecule has 0 saturated heterocycles. The van der Waals surface area contributed by atoms with Crippen LogP contribution in [-0.2, 0) is 11.2 Å². The molecule has 0 aliphatic rings. The number of hydrogen-bond acceptors (Lipinski definition) is 2. The summed E-state index contributed by atoms with van der Waals surface area (Å²) in [5.74, 6) is 0.352. The van der Waals surface area contributed by atoms with Gasteiger partial charge in [-0.3, -0.25) is 4.79 Å². The second-order valence-electron chi connectivity index (χ2n) is 5.08. The van der Waals surface area contributed by atoms with Crippen molar-refractivity contribution in [2.45, 2.75) is 39.0 Å². The Bertz CT molecular complexity index is 409. The van der Waals surface area contributed by atoms with Gasteiger partial charge >= 0.3 is 0 Å². The van der Waals surface area contributed by atoms with E-state index >= 15 is 0 Å². The van der Waals surface area contributed by atoms with E-state index in [4.69, 9.17) is 5.73 Å². The maximum absolute atomic E-state index is 13.4. The number of nitrogens with one attached hydrogen (secondary N) is 1. The van der Waals surface area contributed by atoms with Gasteiger partial charge in [-0.05, 0) is 43.4 Å². The van der Waals surface area contributed by atoms with Crippen LogP contribution < -0.4 is 11.1 Å². The van der Waals surface area contributed by atoms with Gasteiger partial charge in [-0.2, -0.15) is 0 Å². The van der Waals surface area contributed by atoms with Gasteiger partial charge in [0.25, 0.3) is 0 Å². The lowest BCUT2D eigenvalue weighted by molar-refractivity contribution is -0.121. The summed E-state index contributed by atoms with van der Waals surface area (Å²) in [6, 6.07) is 6.66. The molecule has 112 valence electrons. The number of benzene rings is 1. The van der Waals surface area contributed by atoms with Crippen molar-refractivity contribution >= 4 is 5.91 Å². The minimum absolute atomic E-state index is 0.0387. The molecule has 3 N–H and O–H groups in total. The number of nitrogens with two attached hydrogens (primary N) is 1. The van der Waals surface area contributed by atoms with Gasteiger partial charge in [-0.15, -0.1) is 0 Å². The van der Waals surface area contributed by atoms with Gasteiger partial charge in [-0.1, -0.05) is 31.5 Å². The first-order valence-electron chi connectivity index (χ1n) is 7.37. The molecule has 1 aromatic rings. The van der Waals surface area contributed by atoms with Gasteiger partial charge in [0.2, 0.25) is 5.91 Å². The topological polar surface area (TPSA) is 55.1 Å². The lowest BCUT2D eigenvalue weighted by Crippen LogP contribution is -2.26. The van der Waals surface area contributed by atoms with Crippen LogP contribution in [0.25, 0.3) is 0 Å². The molecule has 0 fully saturated rings. The van der Waals surface area contributed by atoms with Crippen LogP contribution in [0, 0.1) is 11.7 Å². The Hall–Kier alpha value is -1.42. The van der Waals surface area contributed by atoms with Crippen molar-refractivity contribution in [1.82, 2.24) is 5.32 Å². The molecule has 0 bridgehead atoms. The van der Waals surface area contributed by atoms with Gasteiger partial charge < -0.3 is 11.1 Å². The predicted molar refractivity (Wildman–Crippen MR) is 79.8 cm³/mol. The number of carbonyl (C=O) groups is 1. The van der Waals surface area contributed by atoms with Crippen molar-refractivity contribution in [3.05, 3.63) is 35.6 Å². The third-order valence-electron chi connectivity index (χ3n) is 3.61. The van der Waals surface area contributed by atoms with Crippen LogP contribution in [0.4, 0.5) is 4.39 Å². The van der Waals surface area contributed by atoms with E-state index in [-0.39, 0.29) is 11.7 Å². The van der Waals surface area contributed by atoms with E-state index in [1.807, 2.05) is 0 Å². The summed E-state index contributed by atoms with van der Waals surface area (Å²) < 4.78 is 13.4. The second-order valence-corrected chi connectivity index (χ2v) is 5.08. The Kier molecular flexibility index (Phi) is 7.88. The van der Waals surface area contributed by atoms with Crippen LogP contribution >= 0.6 is 0 Å². The van der Waals surface area contributed by atoms with Crippen molar-refractivity contribution in [1.29, 1.82) is 0 Å². The van der Waals surface area contributed by atoms with Gasteiger partial charge in [0.15, 0.2) is 0 Å². The highest BCUT2D eigenvalue weighted by atomic mass is 19.1. The molecule has 1 rings (SSSR count). The van der Waals surface area contributed by atoms with Crippen LogP contribution in [0.5, 0.6) is 0 Å². The summed E-state index contributed by atoms with van der Waals surface area (Å²) in [6.07, 6.45) is 3.95. The van der Waals surface area contributed by atoms with Crippen molar-refractivity contribution in [2.24, 2.45) is 11.7 Å². The van der Waals surface area contributed by atoms with Crippen molar-refractivity contribution in [3.63, 3.8) is 0 Å². The van der Waals surface area contributed by atoms with E-state index in [0.29, 0.717) is 37.4 Å².